The zero-order valence-corrected chi connectivity index (χ0v) is 13.1. The van der Waals surface area contributed by atoms with Crippen LogP contribution in [0.25, 0.3) is 10.4 Å². The van der Waals surface area contributed by atoms with Gasteiger partial charge in [0.25, 0.3) is 0 Å². The lowest BCUT2D eigenvalue weighted by Gasteiger charge is -2.08. The SMILES string of the molecule is [N-]=[N+]=NCCCOCCc1ccc(OCc2ccccc2)cc1. The molecule has 0 N–H and O–H groups in total. The molecule has 0 aliphatic carbocycles. The highest BCUT2D eigenvalue weighted by molar-refractivity contribution is 5.27. The summed E-state index contributed by atoms with van der Waals surface area (Å²) >= 11 is 0. The van der Waals surface area contributed by atoms with Gasteiger partial charge in [0.15, 0.2) is 0 Å². The van der Waals surface area contributed by atoms with Crippen molar-refractivity contribution in [2.24, 2.45) is 5.11 Å². The molecule has 0 spiro atoms. The molecule has 0 aliphatic rings. The maximum Gasteiger partial charge on any atom is 0.119 e. The minimum atomic E-state index is 0.490. The Balaban J connectivity index is 1.65. The van der Waals surface area contributed by atoms with Crippen LogP contribution in [0.5, 0.6) is 5.75 Å². The second-order valence-corrected chi connectivity index (χ2v) is 5.09. The number of azide groups is 1. The normalized spacial score (nSPS) is 10.1. The van der Waals surface area contributed by atoms with Crippen molar-refractivity contribution < 1.29 is 9.47 Å². The second kappa shape index (κ2) is 10.3. The van der Waals surface area contributed by atoms with Crippen LogP contribution in [0.4, 0.5) is 0 Å². The summed E-state index contributed by atoms with van der Waals surface area (Å²) in [5, 5.41) is 3.46. The molecule has 0 bridgehead atoms. The van der Waals surface area contributed by atoms with Gasteiger partial charge in [0, 0.05) is 18.1 Å². The third-order valence-corrected chi connectivity index (χ3v) is 3.32. The molecule has 0 atom stereocenters. The van der Waals surface area contributed by atoms with Crippen LogP contribution in [0.1, 0.15) is 17.5 Å². The van der Waals surface area contributed by atoms with Crippen LogP contribution in [0.2, 0.25) is 0 Å². The molecule has 5 nitrogen and oxygen atoms in total. The Hall–Kier alpha value is -2.49. The molecular weight excluding hydrogens is 290 g/mol. The average molecular weight is 311 g/mol. The standard InChI is InChI=1S/C18H21N3O2/c19-21-20-12-4-13-22-14-11-16-7-9-18(10-8-16)23-15-17-5-2-1-3-6-17/h1-3,5-10H,4,11-15H2. The first-order valence-corrected chi connectivity index (χ1v) is 7.73. The van der Waals surface area contributed by atoms with Gasteiger partial charge in [-0.2, -0.15) is 0 Å². The van der Waals surface area contributed by atoms with Gasteiger partial charge in [-0.3, -0.25) is 0 Å². The predicted molar refractivity (Wildman–Crippen MR) is 90.4 cm³/mol. The molecule has 5 heteroatoms. The number of rotatable bonds is 10. The molecule has 120 valence electrons. The van der Waals surface area contributed by atoms with E-state index in [1.807, 2.05) is 42.5 Å². The molecule has 0 unspecified atom stereocenters. The Labute approximate surface area is 136 Å². The topological polar surface area (TPSA) is 67.2 Å². The fourth-order valence-electron chi connectivity index (χ4n) is 2.07. The number of hydrogen-bond donors (Lipinski definition) is 0. The molecule has 0 aromatic heterocycles. The van der Waals surface area contributed by atoms with Crippen molar-refractivity contribution in [3.05, 3.63) is 76.2 Å². The van der Waals surface area contributed by atoms with Crippen LogP contribution in [0.15, 0.2) is 59.7 Å². The predicted octanol–water partition coefficient (Wildman–Crippen LogP) is 4.53. The minimum Gasteiger partial charge on any atom is -0.489 e. The molecule has 0 aliphatic heterocycles. The highest BCUT2D eigenvalue weighted by Gasteiger charge is 1.98. The van der Waals surface area contributed by atoms with E-state index < -0.39 is 0 Å². The average Bonchev–Trinajstić information content (AvgIpc) is 2.61. The van der Waals surface area contributed by atoms with Crippen molar-refractivity contribution in [2.45, 2.75) is 19.4 Å². The van der Waals surface area contributed by atoms with Gasteiger partial charge >= 0.3 is 0 Å². The van der Waals surface area contributed by atoms with Crippen molar-refractivity contribution in [2.75, 3.05) is 19.8 Å². The van der Waals surface area contributed by atoms with Crippen LogP contribution in [0, 0.1) is 0 Å². The van der Waals surface area contributed by atoms with Crippen molar-refractivity contribution in [3.8, 4) is 5.75 Å². The molecule has 23 heavy (non-hydrogen) atoms. The van der Waals surface area contributed by atoms with Crippen LogP contribution < -0.4 is 4.74 Å². The van der Waals surface area contributed by atoms with E-state index in [4.69, 9.17) is 15.0 Å². The minimum absolute atomic E-state index is 0.490. The van der Waals surface area contributed by atoms with Crippen LogP contribution in [-0.4, -0.2) is 19.8 Å². The summed E-state index contributed by atoms with van der Waals surface area (Å²) in [5.41, 5.74) is 10.5. The first kappa shape index (κ1) is 16.9. The van der Waals surface area contributed by atoms with E-state index in [0.29, 0.717) is 26.4 Å². The van der Waals surface area contributed by atoms with E-state index >= 15 is 0 Å². The maximum absolute atomic E-state index is 8.15. The third-order valence-electron chi connectivity index (χ3n) is 3.32. The van der Waals surface area contributed by atoms with Crippen LogP contribution in [-0.2, 0) is 17.8 Å². The lowest BCUT2D eigenvalue weighted by atomic mass is 10.1. The molecule has 0 radical (unpaired) electrons. The summed E-state index contributed by atoms with van der Waals surface area (Å²) in [5.74, 6) is 0.868. The van der Waals surface area contributed by atoms with E-state index in [0.717, 1.165) is 24.2 Å². The Morgan fingerprint density at radius 1 is 0.913 bits per heavy atom. The van der Waals surface area contributed by atoms with Crippen LogP contribution in [0.3, 0.4) is 0 Å². The second-order valence-electron chi connectivity index (χ2n) is 5.09. The summed E-state index contributed by atoms with van der Waals surface area (Å²) in [6, 6.07) is 18.2. The molecule has 2 aromatic carbocycles. The number of ether oxygens (including phenoxy) is 2. The van der Waals surface area contributed by atoms with Gasteiger partial charge in [-0.15, -0.1) is 0 Å². The van der Waals surface area contributed by atoms with Gasteiger partial charge in [-0.1, -0.05) is 47.6 Å². The van der Waals surface area contributed by atoms with Gasteiger partial charge in [0.2, 0.25) is 0 Å². The summed E-state index contributed by atoms with van der Waals surface area (Å²) in [7, 11) is 0. The van der Waals surface area contributed by atoms with E-state index in [2.05, 4.69) is 22.2 Å². The Kier molecular flexibility index (Phi) is 7.54. The molecule has 0 amide bonds. The molecule has 2 aromatic rings. The Morgan fingerprint density at radius 2 is 1.70 bits per heavy atom. The number of benzene rings is 2. The van der Waals surface area contributed by atoms with Crippen molar-refractivity contribution in [1.29, 1.82) is 0 Å². The Morgan fingerprint density at radius 3 is 2.43 bits per heavy atom. The molecule has 0 saturated carbocycles. The zero-order valence-electron chi connectivity index (χ0n) is 13.1. The van der Waals surface area contributed by atoms with E-state index in [1.54, 1.807) is 0 Å². The fraction of sp³-hybridized carbons (Fsp3) is 0.333. The molecule has 0 fully saturated rings. The lowest BCUT2D eigenvalue weighted by Crippen LogP contribution is -2.01. The van der Waals surface area contributed by atoms with Gasteiger partial charge in [0.05, 0.1) is 6.61 Å². The van der Waals surface area contributed by atoms with E-state index in [1.165, 1.54) is 5.56 Å². The Bertz CT molecular complexity index is 608. The summed E-state index contributed by atoms with van der Waals surface area (Å²) < 4.78 is 11.3. The molecular formula is C18H21N3O2. The zero-order chi connectivity index (χ0) is 16.2. The molecule has 0 saturated heterocycles. The van der Waals surface area contributed by atoms with Crippen LogP contribution >= 0.6 is 0 Å². The van der Waals surface area contributed by atoms with Crippen molar-refractivity contribution >= 4 is 0 Å². The lowest BCUT2D eigenvalue weighted by molar-refractivity contribution is 0.136. The van der Waals surface area contributed by atoms with Crippen molar-refractivity contribution in [1.82, 2.24) is 0 Å². The van der Waals surface area contributed by atoms with E-state index in [-0.39, 0.29) is 0 Å². The molecule has 2 rings (SSSR count). The van der Waals surface area contributed by atoms with E-state index in [9.17, 15) is 0 Å². The highest BCUT2D eigenvalue weighted by atomic mass is 16.5. The quantitative estimate of drug-likeness (QED) is 0.280. The monoisotopic (exact) mass is 311 g/mol. The van der Waals surface area contributed by atoms with Gasteiger partial charge in [0.1, 0.15) is 12.4 Å². The fourth-order valence-corrected chi connectivity index (χ4v) is 2.07. The highest BCUT2D eigenvalue weighted by Crippen LogP contribution is 2.14. The largest absolute Gasteiger partial charge is 0.489 e. The summed E-state index contributed by atoms with van der Waals surface area (Å²) in [4.78, 5) is 2.70. The molecule has 0 heterocycles. The van der Waals surface area contributed by atoms with Gasteiger partial charge in [-0.05, 0) is 41.6 Å². The smallest absolute Gasteiger partial charge is 0.119 e. The van der Waals surface area contributed by atoms with Gasteiger partial charge in [-0.25, -0.2) is 0 Å². The first-order chi connectivity index (χ1) is 11.4. The summed E-state index contributed by atoms with van der Waals surface area (Å²) in [6.45, 7) is 2.36. The number of hydrogen-bond acceptors (Lipinski definition) is 3. The van der Waals surface area contributed by atoms with Crippen molar-refractivity contribution in [3.63, 3.8) is 0 Å². The number of nitrogens with zero attached hydrogens (tertiary/aromatic N) is 3. The summed E-state index contributed by atoms with van der Waals surface area (Å²) in [6.07, 6.45) is 1.62. The van der Waals surface area contributed by atoms with Gasteiger partial charge < -0.3 is 9.47 Å². The third kappa shape index (κ3) is 6.87. The first-order valence-electron chi connectivity index (χ1n) is 7.73. The maximum atomic E-state index is 8.15.